The topological polar surface area (TPSA) is 42.4 Å². The van der Waals surface area contributed by atoms with Gasteiger partial charge in [0.15, 0.2) is 0 Å². The van der Waals surface area contributed by atoms with Crippen LogP contribution in [0.3, 0.4) is 0 Å². The highest BCUT2D eigenvalue weighted by molar-refractivity contribution is 5.21. The van der Waals surface area contributed by atoms with Crippen molar-refractivity contribution in [3.8, 4) is 0 Å². The van der Waals surface area contributed by atoms with Gasteiger partial charge in [0.05, 0.1) is 12.3 Å². The van der Waals surface area contributed by atoms with Gasteiger partial charge in [-0.15, -0.1) is 0 Å². The first-order valence-electron chi connectivity index (χ1n) is 4.40. The maximum absolute atomic E-state index is 9.64. The number of rotatable bonds is 4. The number of aliphatic hydroxyl groups is 1. The van der Waals surface area contributed by atoms with Gasteiger partial charge in [-0.05, 0) is 18.1 Å². The van der Waals surface area contributed by atoms with Crippen molar-refractivity contribution in [3.05, 3.63) is 29.6 Å². The number of hydrogen-bond acceptors (Lipinski definition) is 3. The first kappa shape index (κ1) is 10.2. The van der Waals surface area contributed by atoms with E-state index in [1.54, 1.807) is 13.3 Å². The monoisotopic (exact) mass is 181 g/mol. The number of hydrogen-bond donors (Lipinski definition) is 1. The third kappa shape index (κ3) is 2.50. The van der Waals surface area contributed by atoms with Gasteiger partial charge in [0.1, 0.15) is 6.10 Å². The molecule has 1 N–H and O–H groups in total. The summed E-state index contributed by atoms with van der Waals surface area (Å²) in [6.07, 6.45) is 1.96. The van der Waals surface area contributed by atoms with Gasteiger partial charge in [-0.1, -0.05) is 13.0 Å². The zero-order valence-electron chi connectivity index (χ0n) is 8.03. The van der Waals surface area contributed by atoms with Crippen LogP contribution in [0.5, 0.6) is 0 Å². The molecule has 13 heavy (non-hydrogen) atoms. The average molecular weight is 181 g/mol. The molecule has 0 aliphatic carbocycles. The van der Waals surface area contributed by atoms with Gasteiger partial charge in [-0.3, -0.25) is 4.98 Å². The Balaban J connectivity index is 2.85. The minimum absolute atomic E-state index is 0.296. The SMILES string of the molecule is CCc1cccnc1C(O)COC. The Morgan fingerprint density at radius 2 is 2.38 bits per heavy atom. The fourth-order valence-corrected chi connectivity index (χ4v) is 1.29. The molecular formula is C10H15NO2. The van der Waals surface area contributed by atoms with E-state index in [2.05, 4.69) is 4.98 Å². The minimum Gasteiger partial charge on any atom is -0.384 e. The van der Waals surface area contributed by atoms with Crippen molar-refractivity contribution in [1.29, 1.82) is 0 Å². The average Bonchev–Trinajstić information content (AvgIpc) is 2.18. The van der Waals surface area contributed by atoms with Crippen LogP contribution >= 0.6 is 0 Å². The molecule has 1 aromatic rings. The van der Waals surface area contributed by atoms with Crippen molar-refractivity contribution in [2.45, 2.75) is 19.4 Å². The van der Waals surface area contributed by atoms with Crippen molar-refractivity contribution in [2.75, 3.05) is 13.7 Å². The molecule has 0 spiro atoms. The normalized spacial score (nSPS) is 12.8. The Morgan fingerprint density at radius 3 is 3.00 bits per heavy atom. The van der Waals surface area contributed by atoms with Crippen LogP contribution in [0, 0.1) is 0 Å². The molecule has 0 aromatic carbocycles. The first-order valence-corrected chi connectivity index (χ1v) is 4.40. The van der Waals surface area contributed by atoms with Crippen LogP contribution in [0.4, 0.5) is 0 Å². The maximum Gasteiger partial charge on any atom is 0.119 e. The van der Waals surface area contributed by atoms with Gasteiger partial charge in [0.2, 0.25) is 0 Å². The Bertz CT molecular complexity index is 263. The van der Waals surface area contributed by atoms with Crippen LogP contribution in [0.1, 0.15) is 24.3 Å². The van der Waals surface area contributed by atoms with E-state index in [0.29, 0.717) is 6.61 Å². The summed E-state index contributed by atoms with van der Waals surface area (Å²) in [6.45, 7) is 2.34. The number of aryl methyl sites for hydroxylation is 1. The fourth-order valence-electron chi connectivity index (χ4n) is 1.29. The van der Waals surface area contributed by atoms with Gasteiger partial charge in [-0.2, -0.15) is 0 Å². The van der Waals surface area contributed by atoms with Gasteiger partial charge < -0.3 is 9.84 Å². The van der Waals surface area contributed by atoms with Crippen LogP contribution in [0.15, 0.2) is 18.3 Å². The number of nitrogens with zero attached hydrogens (tertiary/aromatic N) is 1. The van der Waals surface area contributed by atoms with E-state index < -0.39 is 6.10 Å². The standard InChI is InChI=1S/C10H15NO2/c1-3-8-5-4-6-11-10(8)9(12)7-13-2/h4-6,9,12H,3,7H2,1-2H3. The number of aromatic nitrogens is 1. The zero-order valence-corrected chi connectivity index (χ0v) is 8.03. The summed E-state index contributed by atoms with van der Waals surface area (Å²) in [6, 6.07) is 3.85. The molecule has 1 atom stereocenters. The quantitative estimate of drug-likeness (QED) is 0.761. The highest BCUT2D eigenvalue weighted by Crippen LogP contribution is 2.15. The second kappa shape index (κ2) is 4.94. The zero-order chi connectivity index (χ0) is 9.68. The molecule has 1 heterocycles. The molecule has 0 fully saturated rings. The van der Waals surface area contributed by atoms with E-state index in [0.717, 1.165) is 17.7 Å². The van der Waals surface area contributed by atoms with Crippen LogP contribution in [-0.2, 0) is 11.2 Å². The number of methoxy groups -OCH3 is 1. The largest absolute Gasteiger partial charge is 0.384 e. The molecule has 1 unspecified atom stereocenters. The summed E-state index contributed by atoms with van der Waals surface area (Å²) in [7, 11) is 1.57. The summed E-state index contributed by atoms with van der Waals surface area (Å²) >= 11 is 0. The van der Waals surface area contributed by atoms with Crippen LogP contribution in [0.2, 0.25) is 0 Å². The Labute approximate surface area is 78.4 Å². The maximum atomic E-state index is 9.64. The molecule has 1 aromatic heterocycles. The molecule has 3 heteroatoms. The van der Waals surface area contributed by atoms with Crippen molar-refractivity contribution in [3.63, 3.8) is 0 Å². The van der Waals surface area contributed by atoms with E-state index in [1.165, 1.54) is 0 Å². The second-order valence-corrected chi connectivity index (χ2v) is 2.87. The number of ether oxygens (including phenoxy) is 1. The highest BCUT2D eigenvalue weighted by Gasteiger charge is 2.11. The summed E-state index contributed by atoms with van der Waals surface area (Å²) in [5.74, 6) is 0. The molecule has 0 aliphatic heterocycles. The van der Waals surface area contributed by atoms with Gasteiger partial charge in [0.25, 0.3) is 0 Å². The summed E-state index contributed by atoms with van der Waals surface area (Å²) < 4.78 is 4.87. The smallest absolute Gasteiger partial charge is 0.119 e. The molecule has 0 aliphatic rings. The van der Waals surface area contributed by atoms with E-state index in [1.807, 2.05) is 19.1 Å². The fraction of sp³-hybridized carbons (Fsp3) is 0.500. The molecule has 0 saturated carbocycles. The first-order chi connectivity index (χ1) is 6.29. The molecule has 0 saturated heterocycles. The van der Waals surface area contributed by atoms with Crippen LogP contribution < -0.4 is 0 Å². The number of aliphatic hydroxyl groups excluding tert-OH is 1. The molecule has 1 rings (SSSR count). The van der Waals surface area contributed by atoms with Crippen molar-refractivity contribution >= 4 is 0 Å². The lowest BCUT2D eigenvalue weighted by Gasteiger charge is -2.11. The second-order valence-electron chi connectivity index (χ2n) is 2.87. The number of pyridine rings is 1. The van der Waals surface area contributed by atoms with Crippen molar-refractivity contribution in [2.24, 2.45) is 0 Å². The lowest BCUT2D eigenvalue weighted by Crippen LogP contribution is -2.09. The van der Waals surface area contributed by atoms with E-state index >= 15 is 0 Å². The van der Waals surface area contributed by atoms with Crippen LogP contribution in [0.25, 0.3) is 0 Å². The van der Waals surface area contributed by atoms with Crippen molar-refractivity contribution < 1.29 is 9.84 Å². The Kier molecular flexibility index (Phi) is 3.86. The van der Waals surface area contributed by atoms with E-state index in [-0.39, 0.29) is 0 Å². The lowest BCUT2D eigenvalue weighted by molar-refractivity contribution is 0.0611. The molecule has 72 valence electrons. The third-order valence-electron chi connectivity index (χ3n) is 1.95. The highest BCUT2D eigenvalue weighted by atomic mass is 16.5. The third-order valence-corrected chi connectivity index (χ3v) is 1.95. The van der Waals surface area contributed by atoms with Gasteiger partial charge in [0, 0.05) is 13.3 Å². The van der Waals surface area contributed by atoms with Crippen LogP contribution in [-0.4, -0.2) is 23.8 Å². The summed E-state index contributed by atoms with van der Waals surface area (Å²) in [5, 5.41) is 9.64. The van der Waals surface area contributed by atoms with E-state index in [4.69, 9.17) is 4.74 Å². The molecular weight excluding hydrogens is 166 g/mol. The molecule has 3 nitrogen and oxygen atoms in total. The lowest BCUT2D eigenvalue weighted by atomic mass is 10.1. The van der Waals surface area contributed by atoms with Gasteiger partial charge >= 0.3 is 0 Å². The van der Waals surface area contributed by atoms with E-state index in [9.17, 15) is 5.11 Å². The molecule has 0 amide bonds. The van der Waals surface area contributed by atoms with Gasteiger partial charge in [-0.25, -0.2) is 0 Å². The predicted octanol–water partition coefficient (Wildman–Crippen LogP) is 1.32. The summed E-state index contributed by atoms with van der Waals surface area (Å²) in [5.41, 5.74) is 1.80. The predicted molar refractivity (Wildman–Crippen MR) is 50.5 cm³/mol. The minimum atomic E-state index is -0.610. The summed E-state index contributed by atoms with van der Waals surface area (Å²) in [4.78, 5) is 4.14. The van der Waals surface area contributed by atoms with Crippen molar-refractivity contribution in [1.82, 2.24) is 4.98 Å². The Hall–Kier alpha value is -0.930. The molecule has 0 bridgehead atoms. The molecule has 0 radical (unpaired) electrons. The Morgan fingerprint density at radius 1 is 1.62 bits per heavy atom.